The van der Waals surface area contributed by atoms with E-state index >= 15 is 0 Å². The monoisotopic (exact) mass is 635 g/mol. The van der Waals surface area contributed by atoms with Crippen molar-refractivity contribution < 1.29 is 1.37 Å². The van der Waals surface area contributed by atoms with Crippen LogP contribution < -0.4 is 0 Å². The number of benzene rings is 9. The van der Waals surface area contributed by atoms with Gasteiger partial charge in [0.2, 0.25) is 0 Å². The molecule has 0 radical (unpaired) electrons. The lowest BCUT2D eigenvalue weighted by molar-refractivity contribution is 1.18. The van der Waals surface area contributed by atoms with Gasteiger partial charge < -0.3 is 9.13 Å². The number of aromatic nitrogens is 2. The first-order valence-corrected chi connectivity index (χ1v) is 17.2. The van der Waals surface area contributed by atoms with Gasteiger partial charge in [0.15, 0.2) is 0 Å². The van der Waals surface area contributed by atoms with Crippen LogP contribution in [0.25, 0.3) is 98.4 Å². The van der Waals surface area contributed by atoms with E-state index in [1.165, 1.54) is 54.1 Å². The standard InChI is InChI=1S/C48H30N2/c1-2-12-33(13-3-1)49-45-20-10-8-18-40(45)42-25-22-32(29-48(42)49)31-23-27-47-44(28-31)41-19-9-11-21-46(41)50(47)34-24-26-39-37-16-5-4-14-35(37)36-15-6-7-17-38(36)43(39)30-34/h1-30H/i9D. The van der Waals surface area contributed by atoms with Crippen LogP contribution in [0.2, 0.25) is 0 Å². The number of rotatable bonds is 3. The van der Waals surface area contributed by atoms with E-state index in [4.69, 9.17) is 1.37 Å². The van der Waals surface area contributed by atoms with Crippen molar-refractivity contribution >= 4 is 75.9 Å². The van der Waals surface area contributed by atoms with E-state index in [2.05, 4.69) is 173 Å². The van der Waals surface area contributed by atoms with Crippen LogP contribution in [0, 0.1) is 0 Å². The van der Waals surface area contributed by atoms with Gasteiger partial charge in [0, 0.05) is 32.9 Å². The molecule has 0 bridgehead atoms. The summed E-state index contributed by atoms with van der Waals surface area (Å²) in [6.07, 6.45) is 0. The summed E-state index contributed by atoms with van der Waals surface area (Å²) in [4.78, 5) is 0. The average Bonchev–Trinajstić information content (AvgIpc) is 3.70. The van der Waals surface area contributed by atoms with Crippen LogP contribution in [0.15, 0.2) is 182 Å². The maximum absolute atomic E-state index is 8.60. The SMILES string of the molecule is [2H]c1ccc2c(c1)c1cc(-c3ccc4c5ccccc5n(-c5ccccc5)c4c3)ccc1n2-c1ccc2c3ccccc3c3ccccc3c2c1. The van der Waals surface area contributed by atoms with Crippen LogP contribution >= 0.6 is 0 Å². The lowest BCUT2D eigenvalue weighted by Crippen LogP contribution is -1.94. The molecule has 0 saturated heterocycles. The molecule has 9 aromatic carbocycles. The van der Waals surface area contributed by atoms with E-state index in [1.807, 2.05) is 12.1 Å². The van der Waals surface area contributed by atoms with Gasteiger partial charge in [0.1, 0.15) is 0 Å². The number of hydrogen-bond donors (Lipinski definition) is 0. The summed E-state index contributed by atoms with van der Waals surface area (Å²) < 4.78 is 13.3. The Morgan fingerprint density at radius 2 is 0.780 bits per heavy atom. The van der Waals surface area contributed by atoms with Crippen molar-refractivity contribution in [2.75, 3.05) is 0 Å². The van der Waals surface area contributed by atoms with Crippen molar-refractivity contribution in [2.24, 2.45) is 0 Å². The summed E-state index contributed by atoms with van der Waals surface area (Å²) in [7, 11) is 0. The molecule has 0 N–H and O–H groups in total. The molecule has 0 aliphatic carbocycles. The lowest BCUT2D eigenvalue weighted by Gasteiger charge is -2.14. The van der Waals surface area contributed by atoms with Gasteiger partial charge in [-0.2, -0.15) is 0 Å². The van der Waals surface area contributed by atoms with Gasteiger partial charge in [0.05, 0.1) is 23.4 Å². The first-order chi connectivity index (χ1) is 25.2. The van der Waals surface area contributed by atoms with Gasteiger partial charge in [-0.1, -0.05) is 127 Å². The van der Waals surface area contributed by atoms with Crippen LogP contribution in [0.3, 0.4) is 0 Å². The van der Waals surface area contributed by atoms with Crippen molar-refractivity contribution in [1.29, 1.82) is 0 Å². The molecule has 2 heteroatoms. The molecule has 2 aromatic heterocycles. The van der Waals surface area contributed by atoms with Gasteiger partial charge in [-0.15, -0.1) is 0 Å². The fraction of sp³-hybridized carbons (Fsp3) is 0. The Kier molecular flexibility index (Phi) is 5.49. The zero-order valence-corrected chi connectivity index (χ0v) is 27.1. The zero-order valence-electron chi connectivity index (χ0n) is 28.1. The molecule has 0 amide bonds. The maximum atomic E-state index is 8.60. The molecule has 11 aromatic rings. The Morgan fingerprint density at radius 1 is 0.280 bits per heavy atom. The number of fused-ring (bicyclic) bond motifs is 12. The van der Waals surface area contributed by atoms with Crippen molar-refractivity contribution in [1.82, 2.24) is 9.13 Å². The van der Waals surface area contributed by atoms with Crippen molar-refractivity contribution in [3.8, 4) is 22.5 Å². The van der Waals surface area contributed by atoms with Crippen LogP contribution in [0.4, 0.5) is 0 Å². The molecule has 11 rings (SSSR count). The Hall–Kier alpha value is -6.64. The summed E-state index contributed by atoms with van der Waals surface area (Å²) in [5.41, 5.74) is 9.20. The predicted octanol–water partition coefficient (Wildman–Crippen LogP) is 13.0. The second-order valence-corrected chi connectivity index (χ2v) is 13.3. The third-order valence-electron chi connectivity index (χ3n) is 10.6. The Labute approximate surface area is 290 Å². The molecule has 232 valence electrons. The third-order valence-corrected chi connectivity index (χ3v) is 10.6. The number of nitrogens with zero attached hydrogens (tertiary/aromatic N) is 2. The lowest BCUT2D eigenvalue weighted by atomic mass is 9.94. The Balaban J connectivity index is 1.14. The van der Waals surface area contributed by atoms with Crippen LogP contribution in [0.5, 0.6) is 0 Å². The minimum absolute atomic E-state index is 0.511. The summed E-state index contributed by atoms with van der Waals surface area (Å²) in [6.45, 7) is 0. The first kappa shape index (κ1) is 26.3. The van der Waals surface area contributed by atoms with Crippen molar-refractivity contribution in [3.05, 3.63) is 182 Å². The maximum Gasteiger partial charge on any atom is 0.0623 e. The highest BCUT2D eigenvalue weighted by molar-refractivity contribution is 6.25. The topological polar surface area (TPSA) is 9.86 Å². The smallest absolute Gasteiger partial charge is 0.0623 e. The molecule has 50 heavy (non-hydrogen) atoms. The molecule has 0 spiro atoms. The molecule has 2 nitrogen and oxygen atoms in total. The van der Waals surface area contributed by atoms with Gasteiger partial charge in [0.25, 0.3) is 0 Å². The number of para-hydroxylation sites is 3. The molecule has 0 fully saturated rings. The van der Waals surface area contributed by atoms with Crippen LogP contribution in [0.1, 0.15) is 1.37 Å². The second kappa shape index (κ2) is 10.4. The molecule has 0 aliphatic rings. The molecule has 0 unspecified atom stereocenters. The molecule has 0 atom stereocenters. The first-order valence-electron chi connectivity index (χ1n) is 17.7. The normalized spacial score (nSPS) is 12.3. The Bertz CT molecular complexity index is 3170. The summed E-state index contributed by atoms with van der Waals surface area (Å²) in [6, 6.07) is 63.8. The second-order valence-electron chi connectivity index (χ2n) is 13.3. The minimum Gasteiger partial charge on any atom is -0.309 e. The summed E-state index contributed by atoms with van der Waals surface area (Å²) in [5, 5.41) is 12.3. The van der Waals surface area contributed by atoms with Gasteiger partial charge in [-0.3, -0.25) is 0 Å². The van der Waals surface area contributed by atoms with E-state index in [-0.39, 0.29) is 0 Å². The molecule has 2 heterocycles. The van der Waals surface area contributed by atoms with E-state index in [0.717, 1.165) is 44.3 Å². The summed E-state index contributed by atoms with van der Waals surface area (Å²) in [5.74, 6) is 0. The van der Waals surface area contributed by atoms with E-state index in [9.17, 15) is 0 Å². The quantitative estimate of drug-likeness (QED) is 0.171. The average molecular weight is 636 g/mol. The van der Waals surface area contributed by atoms with Crippen LogP contribution in [-0.4, -0.2) is 9.13 Å². The fourth-order valence-electron chi connectivity index (χ4n) is 8.41. The van der Waals surface area contributed by atoms with Crippen molar-refractivity contribution in [2.45, 2.75) is 0 Å². The highest BCUT2D eigenvalue weighted by atomic mass is 15.0. The molecule has 0 aliphatic heterocycles. The van der Waals surface area contributed by atoms with Crippen LogP contribution in [-0.2, 0) is 0 Å². The molecule has 0 saturated carbocycles. The predicted molar refractivity (Wildman–Crippen MR) is 213 cm³/mol. The van der Waals surface area contributed by atoms with E-state index < -0.39 is 0 Å². The minimum atomic E-state index is 0.511. The van der Waals surface area contributed by atoms with Gasteiger partial charge in [-0.25, -0.2) is 0 Å². The third kappa shape index (κ3) is 3.85. The van der Waals surface area contributed by atoms with E-state index in [0.29, 0.717) is 6.04 Å². The highest BCUT2D eigenvalue weighted by Gasteiger charge is 2.17. The van der Waals surface area contributed by atoms with Gasteiger partial charge >= 0.3 is 0 Å². The number of hydrogen-bond acceptors (Lipinski definition) is 0. The summed E-state index contributed by atoms with van der Waals surface area (Å²) >= 11 is 0. The van der Waals surface area contributed by atoms with Crippen molar-refractivity contribution in [3.63, 3.8) is 0 Å². The largest absolute Gasteiger partial charge is 0.309 e. The fourth-order valence-corrected chi connectivity index (χ4v) is 8.41. The molecular weight excluding hydrogens is 605 g/mol. The zero-order chi connectivity index (χ0) is 33.6. The Morgan fingerprint density at radius 3 is 1.54 bits per heavy atom. The molecular formula is C48H30N2. The highest BCUT2D eigenvalue weighted by Crippen LogP contribution is 2.40. The van der Waals surface area contributed by atoms with E-state index in [1.54, 1.807) is 0 Å². The van der Waals surface area contributed by atoms with Gasteiger partial charge in [-0.05, 0) is 98.0 Å².